The number of carbonyl (C=O) groups excluding carboxylic acids is 2. The summed E-state index contributed by atoms with van der Waals surface area (Å²) in [6, 6.07) is 10.2. The summed E-state index contributed by atoms with van der Waals surface area (Å²) in [5.74, 6) is -0.00507. The fourth-order valence-electron chi connectivity index (χ4n) is 1.60. The number of phenolic OH excluding ortho intramolecular Hbond substituents is 1. The van der Waals surface area contributed by atoms with Crippen molar-refractivity contribution in [3.8, 4) is 17.2 Å². The molecule has 102 valence electrons. The molecule has 0 amide bonds. The standard InChI is InChI=1S/C15H12O5/c1-19-14-8-10(9-16)2-7-13(14)20-15(18)11-3-5-12(17)6-4-11/h2-9,17H,1H3. The minimum absolute atomic E-state index is 0.0643. The fraction of sp³-hybridized carbons (Fsp3) is 0.0667. The van der Waals surface area contributed by atoms with Gasteiger partial charge in [0.05, 0.1) is 12.7 Å². The normalized spacial score (nSPS) is 9.85. The van der Waals surface area contributed by atoms with Gasteiger partial charge in [-0.1, -0.05) is 0 Å². The van der Waals surface area contributed by atoms with Crippen molar-refractivity contribution in [2.24, 2.45) is 0 Å². The van der Waals surface area contributed by atoms with Crippen molar-refractivity contribution in [1.29, 1.82) is 0 Å². The smallest absolute Gasteiger partial charge is 0.343 e. The van der Waals surface area contributed by atoms with Crippen LogP contribution in [0.2, 0.25) is 0 Å². The lowest BCUT2D eigenvalue weighted by Gasteiger charge is -2.09. The van der Waals surface area contributed by atoms with Gasteiger partial charge in [0.1, 0.15) is 12.0 Å². The van der Waals surface area contributed by atoms with E-state index in [0.29, 0.717) is 23.2 Å². The number of aromatic hydroxyl groups is 1. The van der Waals surface area contributed by atoms with Gasteiger partial charge in [-0.15, -0.1) is 0 Å². The maximum Gasteiger partial charge on any atom is 0.343 e. The van der Waals surface area contributed by atoms with Crippen LogP contribution in [0.15, 0.2) is 42.5 Å². The molecule has 0 bridgehead atoms. The summed E-state index contributed by atoms with van der Waals surface area (Å²) in [5.41, 5.74) is 0.718. The molecule has 2 aromatic rings. The van der Waals surface area contributed by atoms with E-state index in [0.717, 1.165) is 0 Å². The molecule has 5 nitrogen and oxygen atoms in total. The number of benzene rings is 2. The summed E-state index contributed by atoms with van der Waals surface area (Å²) < 4.78 is 10.3. The Kier molecular flexibility index (Phi) is 4.00. The minimum atomic E-state index is -0.581. The molecule has 0 saturated heterocycles. The van der Waals surface area contributed by atoms with Crippen LogP contribution in [0.4, 0.5) is 0 Å². The molecular formula is C15H12O5. The predicted molar refractivity (Wildman–Crippen MR) is 71.4 cm³/mol. The lowest BCUT2D eigenvalue weighted by Crippen LogP contribution is -2.09. The Balaban J connectivity index is 2.23. The molecule has 2 rings (SSSR count). The van der Waals surface area contributed by atoms with Crippen molar-refractivity contribution >= 4 is 12.3 Å². The summed E-state index contributed by atoms with van der Waals surface area (Å²) in [7, 11) is 1.42. The van der Waals surface area contributed by atoms with Gasteiger partial charge in [0, 0.05) is 5.56 Å². The second-order valence-electron chi connectivity index (χ2n) is 3.96. The van der Waals surface area contributed by atoms with Crippen molar-refractivity contribution in [3.05, 3.63) is 53.6 Å². The molecule has 0 heterocycles. The Labute approximate surface area is 115 Å². The highest BCUT2D eigenvalue weighted by Crippen LogP contribution is 2.28. The Morgan fingerprint density at radius 2 is 1.80 bits per heavy atom. The molecule has 0 aromatic heterocycles. The van der Waals surface area contributed by atoms with Gasteiger partial charge in [-0.05, 0) is 42.5 Å². The van der Waals surface area contributed by atoms with Crippen LogP contribution in [-0.4, -0.2) is 24.5 Å². The number of hydrogen-bond acceptors (Lipinski definition) is 5. The van der Waals surface area contributed by atoms with Crippen LogP contribution in [0.1, 0.15) is 20.7 Å². The highest BCUT2D eigenvalue weighted by molar-refractivity contribution is 5.91. The van der Waals surface area contributed by atoms with E-state index in [1.165, 1.54) is 49.6 Å². The Morgan fingerprint density at radius 3 is 2.40 bits per heavy atom. The lowest BCUT2D eigenvalue weighted by atomic mass is 10.2. The van der Waals surface area contributed by atoms with E-state index >= 15 is 0 Å². The number of aldehydes is 1. The molecule has 0 spiro atoms. The highest BCUT2D eigenvalue weighted by atomic mass is 16.6. The van der Waals surface area contributed by atoms with Gasteiger partial charge in [0.25, 0.3) is 0 Å². The lowest BCUT2D eigenvalue weighted by molar-refractivity contribution is 0.0729. The quantitative estimate of drug-likeness (QED) is 0.525. The number of hydrogen-bond donors (Lipinski definition) is 1. The molecule has 0 aliphatic carbocycles. The molecule has 0 aliphatic heterocycles. The third-order valence-electron chi connectivity index (χ3n) is 2.63. The number of carbonyl (C=O) groups is 2. The van der Waals surface area contributed by atoms with E-state index in [-0.39, 0.29) is 11.5 Å². The molecule has 20 heavy (non-hydrogen) atoms. The van der Waals surface area contributed by atoms with Crippen LogP contribution in [0, 0.1) is 0 Å². The average molecular weight is 272 g/mol. The molecule has 2 aromatic carbocycles. The zero-order valence-corrected chi connectivity index (χ0v) is 10.7. The van der Waals surface area contributed by atoms with Gasteiger partial charge >= 0.3 is 5.97 Å². The summed E-state index contributed by atoms with van der Waals surface area (Å²) in [5, 5.41) is 9.16. The average Bonchev–Trinajstić information content (AvgIpc) is 2.48. The predicted octanol–water partition coefficient (Wildman–Crippen LogP) is 2.43. The summed E-state index contributed by atoms with van der Waals surface area (Å²) >= 11 is 0. The SMILES string of the molecule is COc1cc(C=O)ccc1OC(=O)c1ccc(O)cc1. The van der Waals surface area contributed by atoms with Crippen LogP contribution < -0.4 is 9.47 Å². The maximum absolute atomic E-state index is 11.9. The van der Waals surface area contributed by atoms with Gasteiger partial charge in [-0.2, -0.15) is 0 Å². The van der Waals surface area contributed by atoms with E-state index in [1.807, 2.05) is 0 Å². The van der Waals surface area contributed by atoms with Gasteiger partial charge in [0.15, 0.2) is 11.5 Å². The van der Waals surface area contributed by atoms with Crippen molar-refractivity contribution in [2.45, 2.75) is 0 Å². The second-order valence-corrected chi connectivity index (χ2v) is 3.96. The first-order valence-corrected chi connectivity index (χ1v) is 5.78. The van der Waals surface area contributed by atoms with Crippen molar-refractivity contribution < 1.29 is 24.2 Å². The molecule has 5 heteroatoms. The summed E-state index contributed by atoms with van der Waals surface area (Å²) in [4.78, 5) is 22.6. The van der Waals surface area contributed by atoms with Gasteiger partial charge in [-0.25, -0.2) is 4.79 Å². The van der Waals surface area contributed by atoms with E-state index in [4.69, 9.17) is 14.6 Å². The molecule has 0 radical (unpaired) electrons. The van der Waals surface area contributed by atoms with E-state index in [2.05, 4.69) is 0 Å². The molecular weight excluding hydrogens is 260 g/mol. The highest BCUT2D eigenvalue weighted by Gasteiger charge is 2.12. The number of esters is 1. The van der Waals surface area contributed by atoms with Crippen molar-refractivity contribution in [2.75, 3.05) is 7.11 Å². The topological polar surface area (TPSA) is 72.8 Å². The Bertz CT molecular complexity index is 631. The molecule has 1 N–H and O–H groups in total. The first-order valence-electron chi connectivity index (χ1n) is 5.78. The van der Waals surface area contributed by atoms with Crippen molar-refractivity contribution in [3.63, 3.8) is 0 Å². The monoisotopic (exact) mass is 272 g/mol. The van der Waals surface area contributed by atoms with Crippen LogP contribution >= 0.6 is 0 Å². The summed E-state index contributed by atoms with van der Waals surface area (Å²) in [6.07, 6.45) is 0.675. The second kappa shape index (κ2) is 5.88. The number of rotatable bonds is 4. The molecule has 0 atom stereocenters. The van der Waals surface area contributed by atoms with Gasteiger partial charge in [-0.3, -0.25) is 4.79 Å². The molecule has 0 saturated carbocycles. The molecule has 0 fully saturated rings. The van der Waals surface area contributed by atoms with Gasteiger partial charge < -0.3 is 14.6 Å². The van der Waals surface area contributed by atoms with E-state index in [9.17, 15) is 9.59 Å². The van der Waals surface area contributed by atoms with E-state index < -0.39 is 5.97 Å². The largest absolute Gasteiger partial charge is 0.508 e. The first kappa shape index (κ1) is 13.6. The number of methoxy groups -OCH3 is 1. The first-order chi connectivity index (χ1) is 9.63. The molecule has 0 aliphatic rings. The minimum Gasteiger partial charge on any atom is -0.508 e. The number of phenols is 1. The Morgan fingerprint density at radius 1 is 1.10 bits per heavy atom. The third kappa shape index (κ3) is 2.95. The maximum atomic E-state index is 11.9. The third-order valence-corrected chi connectivity index (χ3v) is 2.63. The van der Waals surface area contributed by atoms with Crippen LogP contribution in [0.3, 0.4) is 0 Å². The molecule has 0 unspecified atom stereocenters. The van der Waals surface area contributed by atoms with Crippen LogP contribution in [0.5, 0.6) is 17.2 Å². The van der Waals surface area contributed by atoms with E-state index in [1.54, 1.807) is 0 Å². The zero-order valence-electron chi connectivity index (χ0n) is 10.7. The zero-order chi connectivity index (χ0) is 14.5. The van der Waals surface area contributed by atoms with Gasteiger partial charge in [0.2, 0.25) is 0 Å². The summed E-state index contributed by atoms with van der Waals surface area (Å²) in [6.45, 7) is 0. The fourth-order valence-corrected chi connectivity index (χ4v) is 1.60. The van der Waals surface area contributed by atoms with Crippen molar-refractivity contribution in [1.82, 2.24) is 0 Å². The van der Waals surface area contributed by atoms with Crippen LogP contribution in [0.25, 0.3) is 0 Å². The Hall–Kier alpha value is -2.82. The van der Waals surface area contributed by atoms with Crippen LogP contribution in [-0.2, 0) is 0 Å². The number of ether oxygens (including phenoxy) is 2.